The first kappa shape index (κ1) is 9.40. The van der Waals surface area contributed by atoms with Crippen molar-refractivity contribution in [2.45, 2.75) is 19.8 Å². The first-order valence-corrected chi connectivity index (χ1v) is 5.51. The smallest absolute Gasteiger partial charge is 0.257 e. The van der Waals surface area contributed by atoms with Crippen LogP contribution in [0, 0.1) is 6.92 Å². The van der Waals surface area contributed by atoms with E-state index in [0.717, 1.165) is 24.1 Å². The second kappa shape index (κ2) is 3.08. The van der Waals surface area contributed by atoms with Gasteiger partial charge in [-0.25, -0.2) is 0 Å². The van der Waals surface area contributed by atoms with Gasteiger partial charge in [0.15, 0.2) is 0 Å². The topological polar surface area (TPSA) is 22.0 Å². The summed E-state index contributed by atoms with van der Waals surface area (Å²) in [4.78, 5) is 12.1. The van der Waals surface area contributed by atoms with Crippen molar-refractivity contribution in [3.63, 3.8) is 0 Å². The van der Waals surface area contributed by atoms with Crippen LogP contribution in [0.1, 0.15) is 22.5 Å². The number of rotatable bonds is 0. The van der Waals surface area contributed by atoms with Crippen LogP contribution in [0.5, 0.6) is 0 Å². The predicted molar refractivity (Wildman–Crippen MR) is 64.8 cm³/mol. The first-order valence-electron chi connectivity index (χ1n) is 5.51. The van der Waals surface area contributed by atoms with Crippen molar-refractivity contribution in [2.24, 2.45) is 0 Å². The van der Waals surface area contributed by atoms with E-state index in [1.165, 1.54) is 10.9 Å². The first-order chi connectivity index (χ1) is 7.70. The normalized spacial score (nSPS) is 15.6. The molecule has 0 saturated heterocycles. The van der Waals surface area contributed by atoms with Crippen molar-refractivity contribution in [3.05, 3.63) is 47.7 Å². The van der Waals surface area contributed by atoms with E-state index in [9.17, 15) is 4.79 Å². The molecule has 0 N–H and O–H groups in total. The summed E-state index contributed by atoms with van der Waals surface area (Å²) in [5.41, 5.74) is 4.11. The number of aromatic nitrogens is 1. The maximum atomic E-state index is 12.1. The molecule has 1 aliphatic heterocycles. The molecule has 1 aliphatic rings. The number of nitrogens with zero attached hydrogens (tertiary/aromatic N) is 1. The number of hydrogen-bond acceptors (Lipinski definition) is 1. The molecule has 1 aromatic carbocycles. The van der Waals surface area contributed by atoms with Crippen LogP contribution in [0.3, 0.4) is 0 Å². The average Bonchev–Trinajstić information content (AvgIpc) is 2.59. The minimum absolute atomic E-state index is 0.0607. The molecule has 0 bridgehead atoms. The minimum Gasteiger partial charge on any atom is -0.280 e. The van der Waals surface area contributed by atoms with Crippen LogP contribution in [0.15, 0.2) is 36.4 Å². The van der Waals surface area contributed by atoms with E-state index in [1.807, 2.05) is 22.8 Å². The fourth-order valence-corrected chi connectivity index (χ4v) is 2.52. The third kappa shape index (κ3) is 1.04. The van der Waals surface area contributed by atoms with Crippen LogP contribution in [0.4, 0.5) is 0 Å². The van der Waals surface area contributed by atoms with Crippen molar-refractivity contribution >= 4 is 16.8 Å². The highest BCUT2D eigenvalue weighted by molar-refractivity contribution is 6.04. The molecule has 0 spiro atoms. The molecule has 0 radical (unpaired) electrons. The summed E-state index contributed by atoms with van der Waals surface area (Å²) >= 11 is 0. The molecule has 0 fully saturated rings. The highest BCUT2D eigenvalue weighted by atomic mass is 16.2. The Bertz CT molecular complexity index is 619. The van der Waals surface area contributed by atoms with Crippen molar-refractivity contribution in [2.75, 3.05) is 0 Å². The zero-order valence-electron chi connectivity index (χ0n) is 9.29. The van der Waals surface area contributed by atoms with E-state index in [0.29, 0.717) is 5.57 Å². The van der Waals surface area contributed by atoms with Crippen molar-refractivity contribution in [3.8, 4) is 0 Å². The zero-order chi connectivity index (χ0) is 11.3. The molecular weight excluding hydrogens is 198 g/mol. The Morgan fingerprint density at radius 3 is 2.81 bits per heavy atom. The fraction of sp³-hybridized carbons (Fsp3) is 0.214. The van der Waals surface area contributed by atoms with Gasteiger partial charge >= 0.3 is 0 Å². The zero-order valence-corrected chi connectivity index (χ0v) is 9.29. The Kier molecular flexibility index (Phi) is 1.81. The SMILES string of the molecule is C=C1CCc2c(C)c3ccccc3n2C1=O. The standard InChI is InChI=1S/C14H13NO/c1-9-7-8-12-10(2)11-5-3-4-6-13(11)15(12)14(9)16/h3-6H,1,7-8H2,2H3. The Morgan fingerprint density at radius 2 is 2.00 bits per heavy atom. The van der Waals surface area contributed by atoms with Gasteiger partial charge in [-0.05, 0) is 31.4 Å². The van der Waals surface area contributed by atoms with E-state index in [1.54, 1.807) is 0 Å². The summed E-state index contributed by atoms with van der Waals surface area (Å²) in [5.74, 6) is 0.0607. The highest BCUT2D eigenvalue weighted by Crippen LogP contribution is 2.30. The molecule has 0 atom stereocenters. The lowest BCUT2D eigenvalue weighted by atomic mass is 10.0. The lowest BCUT2D eigenvalue weighted by Gasteiger charge is -2.17. The molecule has 0 amide bonds. The maximum absolute atomic E-state index is 12.1. The molecule has 0 aliphatic carbocycles. The maximum Gasteiger partial charge on any atom is 0.257 e. The summed E-state index contributed by atoms with van der Waals surface area (Å²) in [5, 5.41) is 1.18. The Balaban J connectivity index is 2.45. The summed E-state index contributed by atoms with van der Waals surface area (Å²) in [6.45, 7) is 5.93. The second-order valence-electron chi connectivity index (χ2n) is 4.33. The fourth-order valence-electron chi connectivity index (χ4n) is 2.52. The van der Waals surface area contributed by atoms with Gasteiger partial charge < -0.3 is 0 Å². The molecule has 2 aromatic rings. The summed E-state index contributed by atoms with van der Waals surface area (Å²) in [6.07, 6.45) is 1.71. The highest BCUT2D eigenvalue weighted by Gasteiger charge is 2.24. The van der Waals surface area contributed by atoms with E-state index in [2.05, 4.69) is 19.6 Å². The van der Waals surface area contributed by atoms with Crippen molar-refractivity contribution in [1.82, 2.24) is 4.57 Å². The monoisotopic (exact) mass is 211 g/mol. The van der Waals surface area contributed by atoms with Gasteiger partial charge in [-0.2, -0.15) is 0 Å². The third-order valence-corrected chi connectivity index (χ3v) is 3.42. The Morgan fingerprint density at radius 1 is 1.25 bits per heavy atom. The number of para-hydroxylation sites is 1. The van der Waals surface area contributed by atoms with Gasteiger partial charge in [0.25, 0.3) is 5.91 Å². The van der Waals surface area contributed by atoms with Crippen LogP contribution in [-0.4, -0.2) is 10.5 Å². The van der Waals surface area contributed by atoms with Gasteiger partial charge in [0.1, 0.15) is 0 Å². The Labute approximate surface area is 94.2 Å². The lowest BCUT2D eigenvalue weighted by Crippen LogP contribution is -2.21. The van der Waals surface area contributed by atoms with Crippen molar-refractivity contribution in [1.29, 1.82) is 0 Å². The number of benzene rings is 1. The molecule has 2 nitrogen and oxygen atoms in total. The molecule has 80 valence electrons. The number of aryl methyl sites for hydroxylation is 1. The number of hydrogen-bond donors (Lipinski definition) is 0. The third-order valence-electron chi connectivity index (χ3n) is 3.42. The van der Waals surface area contributed by atoms with Crippen LogP contribution >= 0.6 is 0 Å². The molecule has 0 unspecified atom stereocenters. The molecule has 2 heterocycles. The summed E-state index contributed by atoms with van der Waals surface area (Å²) in [6, 6.07) is 8.06. The minimum atomic E-state index is 0.0607. The predicted octanol–water partition coefficient (Wildman–Crippen LogP) is 3.09. The van der Waals surface area contributed by atoms with Gasteiger partial charge in [-0.3, -0.25) is 9.36 Å². The van der Waals surface area contributed by atoms with Crippen LogP contribution in [0.25, 0.3) is 10.9 Å². The molecule has 2 heteroatoms. The number of carbonyl (C=O) groups excluding carboxylic acids is 1. The van der Waals surface area contributed by atoms with Gasteiger partial charge in [-0.15, -0.1) is 0 Å². The Hall–Kier alpha value is -1.83. The van der Waals surface area contributed by atoms with Crippen LogP contribution < -0.4 is 0 Å². The number of allylic oxidation sites excluding steroid dienone is 1. The van der Waals surface area contributed by atoms with Crippen LogP contribution in [-0.2, 0) is 6.42 Å². The van der Waals surface area contributed by atoms with Crippen LogP contribution in [0.2, 0.25) is 0 Å². The van der Waals surface area contributed by atoms with E-state index in [-0.39, 0.29) is 5.91 Å². The average molecular weight is 211 g/mol. The summed E-state index contributed by atoms with van der Waals surface area (Å²) in [7, 11) is 0. The largest absolute Gasteiger partial charge is 0.280 e. The van der Waals surface area contributed by atoms with E-state index in [4.69, 9.17) is 0 Å². The number of carbonyl (C=O) groups is 1. The van der Waals surface area contributed by atoms with Crippen molar-refractivity contribution < 1.29 is 4.79 Å². The van der Waals surface area contributed by atoms with E-state index < -0.39 is 0 Å². The number of fused-ring (bicyclic) bond motifs is 3. The van der Waals surface area contributed by atoms with Gasteiger partial charge in [0, 0.05) is 16.7 Å². The quantitative estimate of drug-likeness (QED) is 0.614. The molecule has 0 saturated carbocycles. The van der Waals surface area contributed by atoms with Gasteiger partial charge in [0.05, 0.1) is 5.52 Å². The van der Waals surface area contributed by atoms with Gasteiger partial charge in [-0.1, -0.05) is 24.8 Å². The second-order valence-corrected chi connectivity index (χ2v) is 4.33. The molecular formula is C14H13NO. The van der Waals surface area contributed by atoms with E-state index >= 15 is 0 Å². The lowest BCUT2D eigenvalue weighted by molar-refractivity contribution is 0.0945. The molecule has 3 rings (SSSR count). The molecule has 16 heavy (non-hydrogen) atoms. The van der Waals surface area contributed by atoms with Gasteiger partial charge in [0.2, 0.25) is 0 Å². The molecule has 1 aromatic heterocycles. The summed E-state index contributed by atoms with van der Waals surface area (Å²) < 4.78 is 1.83.